The minimum Gasteiger partial charge on any atom is -0.378 e. The number of anilines is 2. The summed E-state index contributed by atoms with van der Waals surface area (Å²) >= 11 is 0. The van der Waals surface area contributed by atoms with Crippen molar-refractivity contribution in [2.75, 3.05) is 30.9 Å². The number of benzene rings is 1. The molecule has 0 amide bonds. The molecular formula is C17H24N2. The van der Waals surface area contributed by atoms with Crippen LogP contribution in [0.25, 0.3) is 5.57 Å². The summed E-state index contributed by atoms with van der Waals surface area (Å²) in [6.45, 7) is 4.51. The van der Waals surface area contributed by atoms with Crippen molar-refractivity contribution in [1.82, 2.24) is 0 Å². The van der Waals surface area contributed by atoms with Gasteiger partial charge in [0.1, 0.15) is 0 Å². The van der Waals surface area contributed by atoms with Crippen LogP contribution in [-0.4, -0.2) is 21.1 Å². The molecule has 0 atom stereocenters. The Morgan fingerprint density at radius 2 is 2.00 bits per heavy atom. The van der Waals surface area contributed by atoms with Crippen molar-refractivity contribution < 1.29 is 0 Å². The number of fused-ring (bicyclic) bond motifs is 1. The molecule has 0 spiro atoms. The highest BCUT2D eigenvalue weighted by Gasteiger charge is 2.14. The molecule has 0 aliphatic carbocycles. The summed E-state index contributed by atoms with van der Waals surface area (Å²) in [6.07, 6.45) is 7.83. The lowest BCUT2D eigenvalue weighted by molar-refractivity contribution is 0.664. The van der Waals surface area contributed by atoms with Crippen molar-refractivity contribution >= 4 is 16.9 Å². The van der Waals surface area contributed by atoms with E-state index in [4.69, 9.17) is 0 Å². The topological polar surface area (TPSA) is 6.48 Å². The summed E-state index contributed by atoms with van der Waals surface area (Å²) in [7, 11) is 6.27. The third kappa shape index (κ3) is 3.01. The Hall–Kier alpha value is -1.70. The SMILES string of the molecule is CC(C)C/C=C1\C=CN(C)c2ccc(N(C)C)cc21. The summed E-state index contributed by atoms with van der Waals surface area (Å²) < 4.78 is 0. The highest BCUT2D eigenvalue weighted by Crippen LogP contribution is 2.35. The minimum atomic E-state index is 0.695. The van der Waals surface area contributed by atoms with Gasteiger partial charge in [-0.1, -0.05) is 19.9 Å². The Labute approximate surface area is 117 Å². The van der Waals surface area contributed by atoms with Crippen LogP contribution in [0.5, 0.6) is 0 Å². The second-order valence-corrected chi connectivity index (χ2v) is 5.81. The molecule has 1 heterocycles. The molecule has 1 aromatic rings. The van der Waals surface area contributed by atoms with Gasteiger partial charge in [0.2, 0.25) is 0 Å². The van der Waals surface area contributed by atoms with Gasteiger partial charge in [-0.25, -0.2) is 0 Å². The maximum Gasteiger partial charge on any atom is 0.0484 e. The molecule has 102 valence electrons. The fraction of sp³-hybridized carbons (Fsp3) is 0.412. The van der Waals surface area contributed by atoms with E-state index in [9.17, 15) is 0 Å². The first kappa shape index (κ1) is 13.7. The van der Waals surface area contributed by atoms with Crippen LogP contribution in [0.1, 0.15) is 25.8 Å². The molecule has 0 N–H and O–H groups in total. The number of hydrogen-bond donors (Lipinski definition) is 0. The fourth-order valence-corrected chi connectivity index (χ4v) is 2.24. The summed E-state index contributed by atoms with van der Waals surface area (Å²) in [5.74, 6) is 0.695. The van der Waals surface area contributed by atoms with Crippen molar-refractivity contribution in [2.45, 2.75) is 20.3 Å². The smallest absolute Gasteiger partial charge is 0.0484 e. The standard InChI is InChI=1S/C17H24N2/c1-13(2)6-7-14-10-11-19(5)17-9-8-15(18(3)4)12-16(14)17/h7-13H,6H2,1-5H3/b14-7+. The van der Waals surface area contributed by atoms with Crippen molar-refractivity contribution in [1.29, 1.82) is 0 Å². The first-order valence-corrected chi connectivity index (χ1v) is 6.92. The number of hydrogen-bond acceptors (Lipinski definition) is 2. The number of allylic oxidation sites excluding steroid dienone is 3. The molecule has 0 radical (unpaired) electrons. The Balaban J connectivity index is 2.44. The second-order valence-electron chi connectivity index (χ2n) is 5.81. The van der Waals surface area contributed by atoms with Gasteiger partial charge in [0.05, 0.1) is 0 Å². The molecule has 2 heteroatoms. The molecule has 2 rings (SSSR count). The van der Waals surface area contributed by atoms with E-state index in [0.717, 1.165) is 6.42 Å². The van der Waals surface area contributed by atoms with E-state index in [1.165, 1.54) is 22.5 Å². The number of nitrogens with zero attached hydrogens (tertiary/aromatic N) is 2. The monoisotopic (exact) mass is 256 g/mol. The van der Waals surface area contributed by atoms with Crippen molar-refractivity contribution in [3.05, 3.63) is 42.1 Å². The predicted molar refractivity (Wildman–Crippen MR) is 85.7 cm³/mol. The molecule has 1 aliphatic heterocycles. The van der Waals surface area contributed by atoms with Crippen molar-refractivity contribution in [3.63, 3.8) is 0 Å². The molecule has 1 aromatic carbocycles. The lowest BCUT2D eigenvalue weighted by Gasteiger charge is -2.26. The highest BCUT2D eigenvalue weighted by molar-refractivity contribution is 5.87. The van der Waals surface area contributed by atoms with Crippen LogP contribution in [0.4, 0.5) is 11.4 Å². The molecule has 0 saturated heterocycles. The van der Waals surface area contributed by atoms with Crippen LogP contribution >= 0.6 is 0 Å². The molecule has 19 heavy (non-hydrogen) atoms. The molecule has 2 nitrogen and oxygen atoms in total. The summed E-state index contributed by atoms with van der Waals surface area (Å²) in [6, 6.07) is 6.66. The third-order valence-electron chi connectivity index (χ3n) is 3.47. The first-order valence-electron chi connectivity index (χ1n) is 6.92. The van der Waals surface area contributed by atoms with Gasteiger partial charge in [0.25, 0.3) is 0 Å². The van der Waals surface area contributed by atoms with Crippen LogP contribution in [0, 0.1) is 5.92 Å². The first-order chi connectivity index (χ1) is 8.99. The predicted octanol–water partition coefficient (Wildman–Crippen LogP) is 4.15. The van der Waals surface area contributed by atoms with Crippen LogP contribution in [0.15, 0.2) is 36.6 Å². The zero-order valence-electron chi connectivity index (χ0n) is 12.6. The summed E-state index contributed by atoms with van der Waals surface area (Å²) in [5, 5.41) is 0. The molecule has 0 aromatic heterocycles. The van der Waals surface area contributed by atoms with Crippen LogP contribution < -0.4 is 9.80 Å². The lowest BCUT2D eigenvalue weighted by atomic mass is 9.96. The van der Waals surface area contributed by atoms with Crippen LogP contribution in [0.2, 0.25) is 0 Å². The van der Waals surface area contributed by atoms with E-state index >= 15 is 0 Å². The van der Waals surface area contributed by atoms with Crippen molar-refractivity contribution in [3.8, 4) is 0 Å². The summed E-state index contributed by atoms with van der Waals surface area (Å²) in [5.41, 5.74) is 5.20. The average molecular weight is 256 g/mol. The molecule has 0 saturated carbocycles. The van der Waals surface area contributed by atoms with Gasteiger partial charge < -0.3 is 9.80 Å². The number of rotatable bonds is 3. The Kier molecular flexibility index (Phi) is 3.98. The second kappa shape index (κ2) is 5.52. The van der Waals surface area contributed by atoms with Crippen LogP contribution in [0.3, 0.4) is 0 Å². The van der Waals surface area contributed by atoms with Gasteiger partial charge in [-0.2, -0.15) is 0 Å². The van der Waals surface area contributed by atoms with Gasteiger partial charge in [-0.05, 0) is 42.2 Å². The van der Waals surface area contributed by atoms with E-state index in [2.05, 4.69) is 81.3 Å². The van der Waals surface area contributed by atoms with Gasteiger partial charge in [-0.15, -0.1) is 0 Å². The van der Waals surface area contributed by atoms with Crippen molar-refractivity contribution in [2.24, 2.45) is 5.92 Å². The zero-order chi connectivity index (χ0) is 14.0. The van der Waals surface area contributed by atoms with Gasteiger partial charge in [-0.3, -0.25) is 0 Å². The average Bonchev–Trinajstić information content (AvgIpc) is 2.37. The Morgan fingerprint density at radius 3 is 2.63 bits per heavy atom. The molecule has 0 bridgehead atoms. The third-order valence-corrected chi connectivity index (χ3v) is 3.47. The van der Waals surface area contributed by atoms with E-state index in [1.807, 2.05) is 0 Å². The maximum absolute atomic E-state index is 2.35. The minimum absolute atomic E-state index is 0.695. The largest absolute Gasteiger partial charge is 0.378 e. The molecular weight excluding hydrogens is 232 g/mol. The van der Waals surface area contributed by atoms with Gasteiger partial charge >= 0.3 is 0 Å². The van der Waals surface area contributed by atoms with Crippen LogP contribution in [-0.2, 0) is 0 Å². The molecule has 0 fully saturated rings. The van der Waals surface area contributed by atoms with Gasteiger partial charge in [0.15, 0.2) is 0 Å². The molecule has 1 aliphatic rings. The lowest BCUT2D eigenvalue weighted by Crippen LogP contribution is -2.15. The normalized spacial score (nSPS) is 16.1. The van der Waals surface area contributed by atoms with E-state index in [1.54, 1.807) is 0 Å². The highest BCUT2D eigenvalue weighted by atomic mass is 15.1. The Bertz CT molecular complexity index is 510. The summed E-state index contributed by atoms with van der Waals surface area (Å²) in [4.78, 5) is 4.33. The fourth-order valence-electron chi connectivity index (χ4n) is 2.24. The van der Waals surface area contributed by atoms with E-state index in [-0.39, 0.29) is 0 Å². The maximum atomic E-state index is 2.35. The van der Waals surface area contributed by atoms with E-state index in [0.29, 0.717) is 5.92 Å². The van der Waals surface area contributed by atoms with E-state index < -0.39 is 0 Å². The zero-order valence-corrected chi connectivity index (χ0v) is 12.6. The quantitative estimate of drug-likeness (QED) is 0.801. The molecule has 0 unspecified atom stereocenters. The van der Waals surface area contributed by atoms with Gasteiger partial charge in [0, 0.05) is 44.3 Å². The Morgan fingerprint density at radius 1 is 1.26 bits per heavy atom.